The summed E-state index contributed by atoms with van der Waals surface area (Å²) in [6.45, 7) is 13.6. The van der Waals surface area contributed by atoms with Gasteiger partial charge in [-0.15, -0.1) is 0 Å². The van der Waals surface area contributed by atoms with Crippen LogP contribution in [-0.2, 0) is 9.63 Å². The van der Waals surface area contributed by atoms with Crippen molar-refractivity contribution in [3.8, 4) is 0 Å². The third-order valence-electron chi connectivity index (χ3n) is 2.83. The minimum Gasteiger partial charge on any atom is -0.390 e. The number of hydrogen-bond donors (Lipinski definition) is 0. The fourth-order valence-corrected chi connectivity index (χ4v) is 2.85. The number of nitrogens with zero attached hydrogens (tertiary/aromatic N) is 3. The van der Waals surface area contributed by atoms with Crippen LogP contribution in [0.3, 0.4) is 0 Å². The Balaban J connectivity index is 3.24. The van der Waals surface area contributed by atoms with Crippen molar-refractivity contribution in [1.82, 2.24) is 5.01 Å². The molecule has 5 nitrogen and oxygen atoms in total. The van der Waals surface area contributed by atoms with Gasteiger partial charge in [0.05, 0.1) is 11.4 Å². The van der Waals surface area contributed by atoms with Gasteiger partial charge in [-0.3, -0.25) is 4.79 Å². The van der Waals surface area contributed by atoms with Crippen LogP contribution >= 0.6 is 15.9 Å². The first-order chi connectivity index (χ1) is 8.80. The topological polar surface area (TPSA) is 54.3 Å². The van der Waals surface area contributed by atoms with E-state index in [1.165, 1.54) is 5.01 Å². The van der Waals surface area contributed by atoms with Crippen molar-refractivity contribution in [2.45, 2.75) is 58.4 Å². The second-order valence-electron chi connectivity index (χ2n) is 7.07. The zero-order valence-electron chi connectivity index (χ0n) is 13.5. The minimum atomic E-state index is -1.02. The van der Waals surface area contributed by atoms with E-state index in [0.717, 1.165) is 5.71 Å². The fraction of sp³-hybridized carbons (Fsp3) is 0.786. The van der Waals surface area contributed by atoms with E-state index in [-0.39, 0.29) is 11.3 Å². The summed E-state index contributed by atoms with van der Waals surface area (Å²) in [5.74, 6) is -0.152. The SMILES string of the molecule is CC(=NOC(C)(C)C)C1(Br)C(=O)N(C)N=C1C(C)(C)C. The normalized spacial score (nSPS) is 25.1. The first-order valence-corrected chi connectivity index (χ1v) is 7.39. The minimum absolute atomic E-state index is 0.152. The summed E-state index contributed by atoms with van der Waals surface area (Å²) < 4.78 is -1.02. The first-order valence-electron chi connectivity index (χ1n) is 6.60. The van der Waals surface area contributed by atoms with Crippen LogP contribution in [0.25, 0.3) is 0 Å². The number of halogens is 1. The van der Waals surface area contributed by atoms with E-state index in [4.69, 9.17) is 4.84 Å². The molecule has 1 atom stereocenters. The number of rotatable bonds is 2. The Hall–Kier alpha value is -0.910. The maximum absolute atomic E-state index is 12.5. The van der Waals surface area contributed by atoms with Crippen LogP contribution < -0.4 is 0 Å². The Morgan fingerprint density at radius 2 is 1.80 bits per heavy atom. The maximum Gasteiger partial charge on any atom is 0.271 e. The summed E-state index contributed by atoms with van der Waals surface area (Å²) in [6.07, 6.45) is 0. The number of carbonyl (C=O) groups is 1. The van der Waals surface area contributed by atoms with Crippen LogP contribution in [0.1, 0.15) is 48.5 Å². The molecule has 0 N–H and O–H groups in total. The molecule has 1 aliphatic heterocycles. The zero-order valence-corrected chi connectivity index (χ0v) is 15.1. The molecule has 1 heterocycles. The van der Waals surface area contributed by atoms with E-state index in [0.29, 0.717) is 5.71 Å². The molecule has 0 saturated heterocycles. The molecule has 0 bridgehead atoms. The highest BCUT2D eigenvalue weighted by Gasteiger charge is 2.54. The quantitative estimate of drug-likeness (QED) is 0.438. The molecule has 0 saturated carbocycles. The summed E-state index contributed by atoms with van der Waals surface area (Å²) in [6, 6.07) is 0. The van der Waals surface area contributed by atoms with Gasteiger partial charge >= 0.3 is 0 Å². The van der Waals surface area contributed by atoms with E-state index in [9.17, 15) is 4.79 Å². The molecule has 0 radical (unpaired) electrons. The standard InChI is InChI=1S/C14H24BrN3O2/c1-9(17-20-13(5,6)7)14(15)10(12(2,3)4)16-18(8)11(14)19/h1-8H3. The summed E-state index contributed by atoms with van der Waals surface area (Å²) >= 11 is 3.55. The summed E-state index contributed by atoms with van der Waals surface area (Å²) in [5.41, 5.74) is 0.617. The second kappa shape index (κ2) is 5.13. The predicted octanol–water partition coefficient (Wildman–Crippen LogP) is 3.19. The zero-order chi connectivity index (χ0) is 15.9. The number of oxime groups is 1. The van der Waals surface area contributed by atoms with Gasteiger partial charge in [-0.1, -0.05) is 41.9 Å². The lowest BCUT2D eigenvalue weighted by atomic mass is 9.80. The van der Waals surface area contributed by atoms with Gasteiger partial charge in [0.2, 0.25) is 0 Å². The Morgan fingerprint density at radius 1 is 1.30 bits per heavy atom. The molecule has 0 fully saturated rings. The molecule has 6 heteroatoms. The van der Waals surface area contributed by atoms with E-state index < -0.39 is 9.93 Å². The van der Waals surface area contributed by atoms with E-state index in [1.807, 2.05) is 41.5 Å². The predicted molar refractivity (Wildman–Crippen MR) is 85.3 cm³/mol. The highest BCUT2D eigenvalue weighted by atomic mass is 79.9. The van der Waals surface area contributed by atoms with Crippen LogP contribution in [0.5, 0.6) is 0 Å². The number of hydrazone groups is 1. The van der Waals surface area contributed by atoms with Crippen molar-refractivity contribution < 1.29 is 9.63 Å². The van der Waals surface area contributed by atoms with Gasteiger partial charge in [0, 0.05) is 12.5 Å². The Bertz CT molecular complexity index is 472. The van der Waals surface area contributed by atoms with E-state index in [1.54, 1.807) is 14.0 Å². The van der Waals surface area contributed by atoms with Crippen LogP contribution in [0, 0.1) is 5.41 Å². The molecule has 0 aromatic heterocycles. The van der Waals surface area contributed by atoms with Crippen LogP contribution in [-0.4, -0.2) is 39.3 Å². The molecule has 114 valence electrons. The average molecular weight is 346 g/mol. The van der Waals surface area contributed by atoms with Crippen molar-refractivity contribution in [2.75, 3.05) is 7.05 Å². The molecule has 0 aliphatic carbocycles. The fourth-order valence-electron chi connectivity index (χ4n) is 1.85. The smallest absolute Gasteiger partial charge is 0.271 e. The molecule has 0 spiro atoms. The summed E-state index contributed by atoms with van der Waals surface area (Å²) in [7, 11) is 1.65. The molecule has 1 rings (SSSR count). The van der Waals surface area contributed by atoms with Crippen LogP contribution in [0.15, 0.2) is 10.3 Å². The van der Waals surface area contributed by atoms with E-state index in [2.05, 4.69) is 26.2 Å². The van der Waals surface area contributed by atoms with Crippen LogP contribution in [0.2, 0.25) is 0 Å². The van der Waals surface area contributed by atoms with Gasteiger partial charge in [0.1, 0.15) is 5.60 Å². The van der Waals surface area contributed by atoms with Gasteiger partial charge in [-0.25, -0.2) is 5.01 Å². The van der Waals surface area contributed by atoms with Gasteiger partial charge in [-0.2, -0.15) is 5.10 Å². The summed E-state index contributed by atoms with van der Waals surface area (Å²) in [4.78, 5) is 17.9. The number of carbonyl (C=O) groups excluding carboxylic acids is 1. The average Bonchev–Trinajstić information content (AvgIpc) is 2.50. The lowest BCUT2D eigenvalue weighted by molar-refractivity contribution is -0.128. The molecular formula is C14H24BrN3O2. The summed E-state index contributed by atoms with van der Waals surface area (Å²) in [5, 5.41) is 9.87. The molecule has 0 aromatic carbocycles. The maximum atomic E-state index is 12.5. The largest absolute Gasteiger partial charge is 0.390 e. The Labute approximate surface area is 129 Å². The van der Waals surface area contributed by atoms with Gasteiger partial charge in [0.15, 0.2) is 4.32 Å². The third-order valence-corrected chi connectivity index (χ3v) is 4.12. The van der Waals surface area contributed by atoms with Gasteiger partial charge in [-0.05, 0) is 27.7 Å². The van der Waals surface area contributed by atoms with Crippen molar-refractivity contribution in [2.24, 2.45) is 15.7 Å². The second-order valence-corrected chi connectivity index (χ2v) is 8.26. The van der Waals surface area contributed by atoms with E-state index >= 15 is 0 Å². The number of amides is 1. The lowest BCUT2D eigenvalue weighted by Crippen LogP contribution is -2.50. The van der Waals surface area contributed by atoms with Gasteiger partial charge < -0.3 is 4.84 Å². The monoisotopic (exact) mass is 345 g/mol. The van der Waals surface area contributed by atoms with Crippen molar-refractivity contribution in [3.05, 3.63) is 0 Å². The molecule has 20 heavy (non-hydrogen) atoms. The molecule has 1 amide bonds. The number of alkyl halides is 1. The molecule has 1 unspecified atom stereocenters. The lowest BCUT2D eigenvalue weighted by Gasteiger charge is -2.29. The molecular weight excluding hydrogens is 322 g/mol. The first kappa shape index (κ1) is 17.1. The van der Waals surface area contributed by atoms with Crippen molar-refractivity contribution in [1.29, 1.82) is 0 Å². The van der Waals surface area contributed by atoms with Crippen LogP contribution in [0.4, 0.5) is 0 Å². The third kappa shape index (κ3) is 3.22. The highest BCUT2D eigenvalue weighted by Crippen LogP contribution is 2.38. The van der Waals surface area contributed by atoms with Crippen molar-refractivity contribution >= 4 is 33.3 Å². The highest BCUT2D eigenvalue weighted by molar-refractivity contribution is 9.11. The Kier molecular flexibility index (Phi) is 4.40. The van der Waals surface area contributed by atoms with Gasteiger partial charge in [0.25, 0.3) is 5.91 Å². The molecule has 1 aliphatic rings. The number of hydrogen-bond acceptors (Lipinski definition) is 4. The Morgan fingerprint density at radius 3 is 2.20 bits per heavy atom. The van der Waals surface area contributed by atoms with Crippen molar-refractivity contribution in [3.63, 3.8) is 0 Å². The molecule has 0 aromatic rings.